The lowest BCUT2D eigenvalue weighted by Gasteiger charge is -2.12. The van der Waals surface area contributed by atoms with Gasteiger partial charge in [-0.05, 0) is 24.6 Å². The van der Waals surface area contributed by atoms with Gasteiger partial charge in [0.05, 0.1) is 14.2 Å². The fourth-order valence-electron chi connectivity index (χ4n) is 2.63. The second kappa shape index (κ2) is 8.01. The van der Waals surface area contributed by atoms with Crippen LogP contribution in [0.3, 0.4) is 0 Å². The number of amides is 1. The Morgan fingerprint density at radius 1 is 1.12 bits per heavy atom. The average molecular weight is 368 g/mol. The van der Waals surface area contributed by atoms with Gasteiger partial charge in [-0.2, -0.15) is 0 Å². The Kier molecular flexibility index (Phi) is 5.53. The van der Waals surface area contributed by atoms with Crippen molar-refractivity contribution in [1.29, 1.82) is 0 Å². The molecule has 26 heavy (non-hydrogen) atoms. The van der Waals surface area contributed by atoms with Crippen molar-refractivity contribution in [2.24, 2.45) is 0 Å². The molecule has 1 aromatic heterocycles. The van der Waals surface area contributed by atoms with Crippen LogP contribution in [0.25, 0.3) is 0 Å². The van der Waals surface area contributed by atoms with Crippen LogP contribution in [0, 0.1) is 6.92 Å². The summed E-state index contributed by atoms with van der Waals surface area (Å²) in [4.78, 5) is 18.0. The normalized spacial score (nSPS) is 10.4. The Balaban J connectivity index is 1.74. The van der Waals surface area contributed by atoms with E-state index in [1.807, 2.05) is 25.1 Å². The Labute approximate surface area is 156 Å². The molecule has 0 unspecified atom stereocenters. The van der Waals surface area contributed by atoms with Gasteiger partial charge in [0.2, 0.25) is 0 Å². The fourth-order valence-corrected chi connectivity index (χ4v) is 3.47. The van der Waals surface area contributed by atoms with Crippen LogP contribution in [0.4, 0.5) is 5.13 Å². The van der Waals surface area contributed by atoms with E-state index < -0.39 is 0 Å². The smallest absolute Gasteiger partial charge is 0.257 e. The summed E-state index contributed by atoms with van der Waals surface area (Å²) in [7, 11) is 3.14. The van der Waals surface area contributed by atoms with Gasteiger partial charge in [0.1, 0.15) is 11.5 Å². The minimum atomic E-state index is -0.248. The number of nitrogens with zero attached hydrogens (tertiary/aromatic N) is 1. The third-order valence-electron chi connectivity index (χ3n) is 4.01. The zero-order valence-electron chi connectivity index (χ0n) is 14.9. The molecule has 5 nitrogen and oxygen atoms in total. The molecule has 2 aromatic carbocycles. The molecule has 0 fully saturated rings. The average Bonchev–Trinajstić information content (AvgIpc) is 3.09. The predicted molar refractivity (Wildman–Crippen MR) is 104 cm³/mol. The van der Waals surface area contributed by atoms with Gasteiger partial charge in [-0.25, -0.2) is 4.98 Å². The summed E-state index contributed by atoms with van der Waals surface area (Å²) >= 11 is 1.47. The van der Waals surface area contributed by atoms with Crippen LogP contribution >= 0.6 is 11.3 Å². The zero-order chi connectivity index (χ0) is 18.5. The first-order chi connectivity index (χ1) is 12.6. The standard InChI is InChI=1S/C20H20N2O3S/c1-13-17(24-2)10-15(11-18(13)25-3)19(23)22-20-21-12-16(26-20)9-14-7-5-4-6-8-14/h4-8,10-12H,9H2,1-3H3,(H,21,22,23). The second-order valence-electron chi connectivity index (χ2n) is 5.75. The van der Waals surface area contributed by atoms with Gasteiger partial charge in [-0.1, -0.05) is 30.3 Å². The lowest BCUT2D eigenvalue weighted by Crippen LogP contribution is -2.12. The van der Waals surface area contributed by atoms with Gasteiger partial charge in [0.15, 0.2) is 5.13 Å². The van der Waals surface area contributed by atoms with Crippen LogP contribution in [0.1, 0.15) is 26.4 Å². The number of benzene rings is 2. The molecular weight excluding hydrogens is 348 g/mol. The molecule has 1 heterocycles. The first-order valence-electron chi connectivity index (χ1n) is 8.13. The van der Waals surface area contributed by atoms with E-state index in [4.69, 9.17) is 9.47 Å². The van der Waals surface area contributed by atoms with E-state index in [0.29, 0.717) is 22.2 Å². The third-order valence-corrected chi connectivity index (χ3v) is 4.92. The van der Waals surface area contributed by atoms with Crippen molar-refractivity contribution < 1.29 is 14.3 Å². The number of nitrogens with one attached hydrogen (secondary N) is 1. The molecule has 3 aromatic rings. The summed E-state index contributed by atoms with van der Waals surface area (Å²) in [6, 6.07) is 13.6. The van der Waals surface area contributed by atoms with Gasteiger partial charge < -0.3 is 9.47 Å². The van der Waals surface area contributed by atoms with Crippen LogP contribution < -0.4 is 14.8 Å². The summed E-state index contributed by atoms with van der Waals surface area (Å²) in [6.07, 6.45) is 2.59. The van der Waals surface area contributed by atoms with Crippen LogP contribution in [0.15, 0.2) is 48.7 Å². The maximum absolute atomic E-state index is 12.6. The van der Waals surface area contributed by atoms with Crippen molar-refractivity contribution in [2.75, 3.05) is 19.5 Å². The van der Waals surface area contributed by atoms with Crippen molar-refractivity contribution >= 4 is 22.4 Å². The predicted octanol–water partition coefficient (Wildman–Crippen LogP) is 4.31. The SMILES string of the molecule is COc1cc(C(=O)Nc2ncc(Cc3ccccc3)s2)cc(OC)c1C. The van der Waals surface area contributed by atoms with E-state index in [1.54, 1.807) is 32.5 Å². The van der Waals surface area contributed by atoms with Crippen molar-refractivity contribution in [3.8, 4) is 11.5 Å². The summed E-state index contributed by atoms with van der Waals surface area (Å²) in [5.74, 6) is 0.971. The molecule has 0 saturated heterocycles. The number of methoxy groups -OCH3 is 2. The molecule has 0 atom stereocenters. The van der Waals surface area contributed by atoms with Crippen molar-refractivity contribution in [1.82, 2.24) is 4.98 Å². The number of aromatic nitrogens is 1. The Morgan fingerprint density at radius 3 is 2.38 bits per heavy atom. The number of rotatable bonds is 6. The van der Waals surface area contributed by atoms with Gasteiger partial charge in [0, 0.05) is 28.6 Å². The molecule has 0 aliphatic carbocycles. The molecule has 0 aliphatic rings. The molecule has 0 saturated carbocycles. The summed E-state index contributed by atoms with van der Waals surface area (Å²) < 4.78 is 10.7. The highest BCUT2D eigenvalue weighted by Gasteiger charge is 2.15. The lowest BCUT2D eigenvalue weighted by molar-refractivity contribution is 0.102. The van der Waals surface area contributed by atoms with E-state index in [2.05, 4.69) is 22.4 Å². The number of anilines is 1. The quantitative estimate of drug-likeness (QED) is 0.704. The van der Waals surface area contributed by atoms with Gasteiger partial charge in [-0.3, -0.25) is 10.1 Å². The number of carbonyl (C=O) groups excluding carboxylic acids is 1. The topological polar surface area (TPSA) is 60.5 Å². The maximum atomic E-state index is 12.6. The molecular formula is C20H20N2O3S. The molecule has 1 N–H and O–H groups in total. The minimum absolute atomic E-state index is 0.248. The number of hydrogen-bond donors (Lipinski definition) is 1. The fraction of sp³-hybridized carbons (Fsp3) is 0.200. The Morgan fingerprint density at radius 2 is 1.77 bits per heavy atom. The van der Waals surface area contributed by atoms with Crippen LogP contribution in [-0.2, 0) is 6.42 Å². The lowest BCUT2D eigenvalue weighted by atomic mass is 10.1. The van der Waals surface area contributed by atoms with E-state index in [1.165, 1.54) is 16.9 Å². The Bertz CT molecular complexity index is 881. The van der Waals surface area contributed by atoms with E-state index in [9.17, 15) is 4.79 Å². The second-order valence-corrected chi connectivity index (χ2v) is 6.87. The molecule has 6 heteroatoms. The van der Waals surface area contributed by atoms with Crippen molar-refractivity contribution in [3.05, 3.63) is 70.2 Å². The monoisotopic (exact) mass is 368 g/mol. The highest BCUT2D eigenvalue weighted by molar-refractivity contribution is 7.15. The van der Waals surface area contributed by atoms with Crippen molar-refractivity contribution in [2.45, 2.75) is 13.3 Å². The maximum Gasteiger partial charge on any atom is 0.257 e. The third kappa shape index (κ3) is 4.03. The molecule has 1 amide bonds. The molecule has 0 radical (unpaired) electrons. The summed E-state index contributed by atoms with van der Waals surface area (Å²) in [5.41, 5.74) is 2.53. The highest BCUT2D eigenvalue weighted by atomic mass is 32.1. The Hall–Kier alpha value is -2.86. The summed E-state index contributed by atoms with van der Waals surface area (Å²) in [6.45, 7) is 1.88. The highest BCUT2D eigenvalue weighted by Crippen LogP contribution is 2.30. The first kappa shape index (κ1) is 17.9. The molecule has 134 valence electrons. The first-order valence-corrected chi connectivity index (χ1v) is 8.95. The number of ether oxygens (including phenoxy) is 2. The van der Waals surface area contributed by atoms with E-state index >= 15 is 0 Å². The molecule has 0 aliphatic heterocycles. The largest absolute Gasteiger partial charge is 0.496 e. The molecule has 3 rings (SSSR count). The number of thiazole rings is 1. The van der Waals surface area contributed by atoms with Crippen LogP contribution in [-0.4, -0.2) is 25.1 Å². The van der Waals surface area contributed by atoms with Gasteiger partial charge in [0.25, 0.3) is 5.91 Å². The summed E-state index contributed by atoms with van der Waals surface area (Å²) in [5, 5.41) is 3.41. The van der Waals surface area contributed by atoms with E-state index in [-0.39, 0.29) is 5.91 Å². The molecule has 0 spiro atoms. The van der Waals surface area contributed by atoms with Crippen molar-refractivity contribution in [3.63, 3.8) is 0 Å². The number of hydrogen-bond acceptors (Lipinski definition) is 5. The van der Waals surface area contributed by atoms with E-state index in [0.717, 1.165) is 16.9 Å². The van der Waals surface area contributed by atoms with Gasteiger partial charge >= 0.3 is 0 Å². The zero-order valence-corrected chi connectivity index (χ0v) is 15.7. The molecule has 0 bridgehead atoms. The van der Waals surface area contributed by atoms with Gasteiger partial charge in [-0.15, -0.1) is 11.3 Å². The number of carbonyl (C=O) groups is 1. The van der Waals surface area contributed by atoms with Crippen LogP contribution in [0.5, 0.6) is 11.5 Å². The minimum Gasteiger partial charge on any atom is -0.496 e. The van der Waals surface area contributed by atoms with Crippen LogP contribution in [0.2, 0.25) is 0 Å².